The Kier molecular flexibility index (Phi) is 3.59. The molecule has 0 aliphatic rings. The Balaban J connectivity index is 2.41. The second-order valence-corrected chi connectivity index (χ2v) is 3.87. The molecule has 0 unspecified atom stereocenters. The first-order chi connectivity index (χ1) is 8.99. The van der Waals surface area contributed by atoms with Crippen LogP contribution in [0.3, 0.4) is 0 Å². The SMILES string of the molecule is Nc1ccc(Nc2cccc(F)c2F)c(C(F)F)c1. The molecule has 0 saturated carbocycles. The molecule has 0 aromatic heterocycles. The lowest BCUT2D eigenvalue weighted by Gasteiger charge is -2.13. The highest BCUT2D eigenvalue weighted by Gasteiger charge is 2.15. The maximum absolute atomic E-state index is 13.4. The van der Waals surface area contributed by atoms with Crippen molar-refractivity contribution in [2.75, 3.05) is 11.1 Å². The lowest BCUT2D eigenvalue weighted by Crippen LogP contribution is -2.01. The Morgan fingerprint density at radius 2 is 1.74 bits per heavy atom. The summed E-state index contributed by atoms with van der Waals surface area (Å²) < 4.78 is 52.1. The van der Waals surface area contributed by atoms with Crippen LogP contribution in [0, 0.1) is 11.6 Å². The van der Waals surface area contributed by atoms with Gasteiger partial charge in [0.05, 0.1) is 5.69 Å². The minimum absolute atomic E-state index is 0.0197. The van der Waals surface area contributed by atoms with Crippen LogP contribution in [0.15, 0.2) is 36.4 Å². The van der Waals surface area contributed by atoms with E-state index >= 15 is 0 Å². The zero-order valence-corrected chi connectivity index (χ0v) is 9.63. The fourth-order valence-corrected chi connectivity index (χ4v) is 1.62. The van der Waals surface area contributed by atoms with Gasteiger partial charge in [-0.05, 0) is 30.3 Å². The summed E-state index contributed by atoms with van der Waals surface area (Å²) in [7, 11) is 0. The summed E-state index contributed by atoms with van der Waals surface area (Å²) in [6.07, 6.45) is -2.78. The van der Waals surface area contributed by atoms with E-state index < -0.39 is 18.1 Å². The maximum atomic E-state index is 13.4. The Morgan fingerprint density at radius 3 is 2.42 bits per heavy atom. The van der Waals surface area contributed by atoms with Gasteiger partial charge in [0.1, 0.15) is 0 Å². The molecule has 0 saturated heterocycles. The van der Waals surface area contributed by atoms with Crippen LogP contribution in [0.5, 0.6) is 0 Å². The summed E-state index contributed by atoms with van der Waals surface area (Å²) in [5.41, 5.74) is 4.98. The Morgan fingerprint density at radius 1 is 1.00 bits per heavy atom. The third-order valence-corrected chi connectivity index (χ3v) is 2.53. The fourth-order valence-electron chi connectivity index (χ4n) is 1.62. The third kappa shape index (κ3) is 2.78. The molecule has 0 heterocycles. The van der Waals surface area contributed by atoms with Crippen LogP contribution in [0.2, 0.25) is 0 Å². The molecule has 100 valence electrons. The topological polar surface area (TPSA) is 38.0 Å². The van der Waals surface area contributed by atoms with Gasteiger partial charge >= 0.3 is 0 Å². The predicted molar refractivity (Wildman–Crippen MR) is 65.5 cm³/mol. The Bertz CT molecular complexity index is 599. The number of anilines is 3. The van der Waals surface area contributed by atoms with Crippen molar-refractivity contribution in [3.63, 3.8) is 0 Å². The van der Waals surface area contributed by atoms with Crippen molar-refractivity contribution in [3.8, 4) is 0 Å². The number of rotatable bonds is 3. The molecule has 2 aromatic rings. The Hall–Kier alpha value is -2.24. The van der Waals surface area contributed by atoms with E-state index in [2.05, 4.69) is 5.32 Å². The van der Waals surface area contributed by atoms with Crippen LogP contribution < -0.4 is 11.1 Å². The quantitative estimate of drug-likeness (QED) is 0.647. The summed E-state index contributed by atoms with van der Waals surface area (Å²) in [5.74, 6) is -2.18. The number of hydrogen-bond acceptors (Lipinski definition) is 2. The zero-order chi connectivity index (χ0) is 14.0. The van der Waals surface area contributed by atoms with Gasteiger partial charge in [-0.3, -0.25) is 0 Å². The molecule has 19 heavy (non-hydrogen) atoms. The van der Waals surface area contributed by atoms with Crippen LogP contribution in [0.1, 0.15) is 12.0 Å². The van der Waals surface area contributed by atoms with Crippen LogP contribution >= 0.6 is 0 Å². The first-order valence-corrected chi connectivity index (χ1v) is 5.37. The number of alkyl halides is 2. The predicted octanol–water partition coefficient (Wildman–Crippen LogP) is 4.23. The van der Waals surface area contributed by atoms with E-state index in [1.54, 1.807) is 0 Å². The molecule has 0 bridgehead atoms. The summed E-state index contributed by atoms with van der Waals surface area (Å²) in [6, 6.07) is 7.25. The molecule has 2 rings (SSSR count). The number of halogens is 4. The van der Waals surface area contributed by atoms with Crippen molar-refractivity contribution < 1.29 is 17.6 Å². The summed E-state index contributed by atoms with van der Waals surface area (Å²) in [6.45, 7) is 0. The van der Waals surface area contributed by atoms with E-state index in [1.165, 1.54) is 24.3 Å². The molecule has 0 amide bonds. The highest BCUT2D eigenvalue weighted by Crippen LogP contribution is 2.32. The van der Waals surface area contributed by atoms with Gasteiger partial charge in [-0.1, -0.05) is 6.07 Å². The largest absolute Gasteiger partial charge is 0.399 e. The van der Waals surface area contributed by atoms with E-state index in [0.29, 0.717) is 0 Å². The van der Waals surface area contributed by atoms with Crippen molar-refractivity contribution in [3.05, 3.63) is 53.6 Å². The molecule has 0 atom stereocenters. The van der Waals surface area contributed by atoms with Gasteiger partial charge in [0.2, 0.25) is 0 Å². The monoisotopic (exact) mass is 270 g/mol. The van der Waals surface area contributed by atoms with E-state index in [9.17, 15) is 17.6 Å². The van der Waals surface area contributed by atoms with Gasteiger partial charge in [0.25, 0.3) is 6.43 Å². The molecule has 0 aliphatic carbocycles. The van der Waals surface area contributed by atoms with Gasteiger partial charge in [0.15, 0.2) is 11.6 Å². The first-order valence-electron chi connectivity index (χ1n) is 5.37. The smallest absolute Gasteiger partial charge is 0.265 e. The lowest BCUT2D eigenvalue weighted by molar-refractivity contribution is 0.152. The zero-order valence-electron chi connectivity index (χ0n) is 9.63. The Labute approximate surface area is 106 Å². The molecule has 6 heteroatoms. The van der Waals surface area contributed by atoms with Gasteiger partial charge in [-0.2, -0.15) is 0 Å². The molecule has 0 fully saturated rings. The van der Waals surface area contributed by atoms with Crippen molar-refractivity contribution in [1.29, 1.82) is 0 Å². The van der Waals surface area contributed by atoms with E-state index in [4.69, 9.17) is 5.73 Å². The van der Waals surface area contributed by atoms with Crippen molar-refractivity contribution in [2.45, 2.75) is 6.43 Å². The molecule has 0 aliphatic heterocycles. The molecule has 2 nitrogen and oxygen atoms in total. The number of hydrogen-bond donors (Lipinski definition) is 2. The minimum atomic E-state index is -2.78. The number of nitrogens with one attached hydrogen (secondary N) is 1. The summed E-state index contributed by atoms with van der Waals surface area (Å²) in [5, 5.41) is 2.44. The molecule has 0 radical (unpaired) electrons. The highest BCUT2D eigenvalue weighted by molar-refractivity contribution is 5.66. The fraction of sp³-hybridized carbons (Fsp3) is 0.0769. The summed E-state index contributed by atoms with van der Waals surface area (Å²) in [4.78, 5) is 0. The number of benzene rings is 2. The van der Waals surface area contributed by atoms with Crippen molar-refractivity contribution in [2.24, 2.45) is 0 Å². The molecular weight excluding hydrogens is 260 g/mol. The molecule has 3 N–H and O–H groups in total. The average molecular weight is 270 g/mol. The standard InChI is InChI=1S/C13H10F4N2/c14-9-2-1-3-11(12(9)15)19-10-5-4-7(18)6-8(10)13(16)17/h1-6,13,19H,18H2. The summed E-state index contributed by atoms with van der Waals surface area (Å²) >= 11 is 0. The second-order valence-electron chi connectivity index (χ2n) is 3.87. The normalized spacial score (nSPS) is 10.8. The van der Waals surface area contributed by atoms with Crippen LogP contribution in [0.25, 0.3) is 0 Å². The van der Waals surface area contributed by atoms with Crippen molar-refractivity contribution in [1.82, 2.24) is 0 Å². The van der Waals surface area contributed by atoms with Gasteiger partial charge in [0, 0.05) is 16.9 Å². The van der Waals surface area contributed by atoms with E-state index in [0.717, 1.165) is 12.1 Å². The van der Waals surface area contributed by atoms with Crippen molar-refractivity contribution >= 4 is 17.1 Å². The van der Waals surface area contributed by atoms with Crippen LogP contribution in [-0.4, -0.2) is 0 Å². The third-order valence-electron chi connectivity index (χ3n) is 2.53. The van der Waals surface area contributed by atoms with Crippen LogP contribution in [-0.2, 0) is 0 Å². The average Bonchev–Trinajstić information content (AvgIpc) is 2.36. The van der Waals surface area contributed by atoms with Gasteiger partial charge < -0.3 is 11.1 Å². The van der Waals surface area contributed by atoms with Gasteiger partial charge in [-0.15, -0.1) is 0 Å². The maximum Gasteiger partial charge on any atom is 0.265 e. The first kappa shape index (κ1) is 13.2. The van der Waals surface area contributed by atoms with Crippen LogP contribution in [0.4, 0.5) is 34.6 Å². The van der Waals surface area contributed by atoms with E-state index in [1.807, 2.05) is 0 Å². The molecule has 2 aromatic carbocycles. The molecule has 0 spiro atoms. The number of nitrogens with two attached hydrogens (primary N) is 1. The minimum Gasteiger partial charge on any atom is -0.399 e. The number of nitrogen functional groups attached to an aromatic ring is 1. The van der Waals surface area contributed by atoms with E-state index in [-0.39, 0.29) is 22.6 Å². The van der Waals surface area contributed by atoms with Gasteiger partial charge in [-0.25, -0.2) is 17.6 Å². The lowest BCUT2D eigenvalue weighted by atomic mass is 10.1. The highest BCUT2D eigenvalue weighted by atomic mass is 19.3. The molecular formula is C13H10F4N2. The second kappa shape index (κ2) is 5.17.